The van der Waals surface area contributed by atoms with Crippen LogP contribution < -0.4 is 0 Å². The first-order chi connectivity index (χ1) is 6.93. The molecule has 0 atom stereocenters. The molecule has 1 rings (SSSR count). The fourth-order valence-electron chi connectivity index (χ4n) is 2.12. The molecule has 1 saturated carbocycles. The minimum absolute atomic E-state index is 0.676. The summed E-state index contributed by atoms with van der Waals surface area (Å²) in [6, 6.07) is 0.676. The van der Waals surface area contributed by atoms with Crippen LogP contribution in [0, 0.1) is 0 Å². The van der Waals surface area contributed by atoms with E-state index in [0.29, 0.717) is 6.04 Å². The van der Waals surface area contributed by atoms with Crippen LogP contribution in [0.3, 0.4) is 0 Å². The van der Waals surface area contributed by atoms with Gasteiger partial charge >= 0.3 is 0 Å². The lowest BCUT2D eigenvalue weighted by atomic mass is 9.96. The lowest BCUT2D eigenvalue weighted by Gasteiger charge is -2.16. The number of aliphatic imine (C=N–C) groups is 1. The Balaban J connectivity index is 1.96. The minimum atomic E-state index is 0.676. The molecule has 0 spiro atoms. The van der Waals surface area contributed by atoms with Gasteiger partial charge in [-0.3, -0.25) is 4.99 Å². The molecule has 0 aromatic carbocycles. The highest BCUT2D eigenvalue weighted by atomic mass is 14.8. The van der Waals surface area contributed by atoms with E-state index in [1.165, 1.54) is 64.2 Å². The third-order valence-electron chi connectivity index (χ3n) is 3.08. The normalized spacial score (nSPS) is 19.2. The van der Waals surface area contributed by atoms with Crippen LogP contribution in [0.15, 0.2) is 4.99 Å². The van der Waals surface area contributed by atoms with Crippen LogP contribution in [0.1, 0.15) is 71.1 Å². The molecule has 1 fully saturated rings. The SMILES string of the molecule is CCCCCCC=NC1CCCCC1. The van der Waals surface area contributed by atoms with E-state index < -0.39 is 0 Å². The largest absolute Gasteiger partial charge is 0.294 e. The number of unbranched alkanes of at least 4 members (excludes halogenated alkanes) is 4. The zero-order valence-electron chi connectivity index (χ0n) is 9.67. The van der Waals surface area contributed by atoms with E-state index in [2.05, 4.69) is 18.1 Å². The molecule has 0 aliphatic heterocycles. The van der Waals surface area contributed by atoms with Crippen LogP contribution in [-0.2, 0) is 0 Å². The number of rotatable bonds is 6. The molecule has 0 radical (unpaired) electrons. The van der Waals surface area contributed by atoms with Crippen molar-refractivity contribution in [2.75, 3.05) is 0 Å². The molecule has 0 heterocycles. The Morgan fingerprint density at radius 3 is 2.57 bits per heavy atom. The summed E-state index contributed by atoms with van der Waals surface area (Å²) in [4.78, 5) is 4.66. The molecule has 0 aromatic rings. The lowest BCUT2D eigenvalue weighted by molar-refractivity contribution is 0.443. The average molecular weight is 195 g/mol. The summed E-state index contributed by atoms with van der Waals surface area (Å²) >= 11 is 0. The van der Waals surface area contributed by atoms with Gasteiger partial charge in [0.05, 0.1) is 0 Å². The van der Waals surface area contributed by atoms with Gasteiger partial charge in [0.2, 0.25) is 0 Å². The summed E-state index contributed by atoms with van der Waals surface area (Å²) < 4.78 is 0. The maximum Gasteiger partial charge on any atom is 0.0495 e. The highest BCUT2D eigenvalue weighted by Gasteiger charge is 2.10. The maximum absolute atomic E-state index is 4.66. The van der Waals surface area contributed by atoms with Crippen LogP contribution in [0.4, 0.5) is 0 Å². The van der Waals surface area contributed by atoms with E-state index in [4.69, 9.17) is 0 Å². The summed E-state index contributed by atoms with van der Waals surface area (Å²) in [7, 11) is 0. The van der Waals surface area contributed by atoms with Crippen LogP contribution in [0.25, 0.3) is 0 Å². The van der Waals surface area contributed by atoms with Crippen molar-refractivity contribution in [2.24, 2.45) is 4.99 Å². The minimum Gasteiger partial charge on any atom is -0.294 e. The van der Waals surface area contributed by atoms with Crippen molar-refractivity contribution in [3.05, 3.63) is 0 Å². The number of hydrogen-bond donors (Lipinski definition) is 0. The van der Waals surface area contributed by atoms with Crippen molar-refractivity contribution in [2.45, 2.75) is 77.2 Å². The first-order valence-corrected chi connectivity index (χ1v) is 6.45. The van der Waals surface area contributed by atoms with Gasteiger partial charge in [0.15, 0.2) is 0 Å². The van der Waals surface area contributed by atoms with Gasteiger partial charge < -0.3 is 0 Å². The first-order valence-electron chi connectivity index (χ1n) is 6.45. The van der Waals surface area contributed by atoms with Crippen LogP contribution >= 0.6 is 0 Å². The van der Waals surface area contributed by atoms with Crippen LogP contribution in [0.2, 0.25) is 0 Å². The summed E-state index contributed by atoms with van der Waals surface area (Å²) in [5.41, 5.74) is 0. The molecule has 0 bridgehead atoms. The molecule has 1 aliphatic carbocycles. The van der Waals surface area contributed by atoms with Crippen molar-refractivity contribution in [1.82, 2.24) is 0 Å². The second kappa shape index (κ2) is 8.02. The van der Waals surface area contributed by atoms with E-state index in [1.807, 2.05) is 0 Å². The molecule has 0 amide bonds. The van der Waals surface area contributed by atoms with Gasteiger partial charge in [-0.1, -0.05) is 45.4 Å². The van der Waals surface area contributed by atoms with Crippen LogP contribution in [-0.4, -0.2) is 12.3 Å². The van der Waals surface area contributed by atoms with Crippen molar-refractivity contribution in [3.63, 3.8) is 0 Å². The Morgan fingerprint density at radius 1 is 1.07 bits per heavy atom. The Hall–Kier alpha value is -0.330. The third kappa shape index (κ3) is 5.41. The van der Waals surface area contributed by atoms with Gasteiger partial charge in [0.25, 0.3) is 0 Å². The summed E-state index contributed by atoms with van der Waals surface area (Å²) in [5.74, 6) is 0. The molecular weight excluding hydrogens is 170 g/mol. The Labute approximate surface area is 89.0 Å². The quantitative estimate of drug-likeness (QED) is 0.441. The molecule has 0 saturated heterocycles. The zero-order valence-corrected chi connectivity index (χ0v) is 9.67. The predicted octanol–water partition coefficient (Wildman–Crippen LogP) is 4.36. The molecule has 0 aromatic heterocycles. The van der Waals surface area contributed by atoms with E-state index in [-0.39, 0.29) is 0 Å². The molecule has 1 nitrogen and oxygen atoms in total. The fourth-order valence-corrected chi connectivity index (χ4v) is 2.12. The van der Waals surface area contributed by atoms with Crippen molar-refractivity contribution >= 4 is 6.21 Å². The highest BCUT2D eigenvalue weighted by molar-refractivity contribution is 5.57. The average Bonchev–Trinajstić information content (AvgIpc) is 2.25. The van der Waals surface area contributed by atoms with Crippen molar-refractivity contribution in [3.8, 4) is 0 Å². The van der Waals surface area contributed by atoms with Crippen LogP contribution in [0.5, 0.6) is 0 Å². The molecule has 1 heteroatoms. The number of hydrogen-bond acceptors (Lipinski definition) is 1. The topological polar surface area (TPSA) is 12.4 Å². The van der Waals surface area contributed by atoms with Crippen molar-refractivity contribution in [1.29, 1.82) is 0 Å². The van der Waals surface area contributed by atoms with Gasteiger partial charge in [-0.2, -0.15) is 0 Å². The Kier molecular flexibility index (Phi) is 6.73. The fraction of sp³-hybridized carbons (Fsp3) is 0.923. The maximum atomic E-state index is 4.66. The van der Waals surface area contributed by atoms with Gasteiger partial charge in [-0.25, -0.2) is 0 Å². The Bertz CT molecular complexity index is 145. The lowest BCUT2D eigenvalue weighted by Crippen LogP contribution is -2.09. The van der Waals surface area contributed by atoms with Gasteiger partial charge in [-0.05, 0) is 31.9 Å². The van der Waals surface area contributed by atoms with E-state index in [0.717, 1.165) is 0 Å². The van der Waals surface area contributed by atoms with Gasteiger partial charge in [0.1, 0.15) is 0 Å². The first kappa shape index (κ1) is 11.7. The molecule has 14 heavy (non-hydrogen) atoms. The third-order valence-corrected chi connectivity index (χ3v) is 3.08. The molecule has 0 unspecified atom stereocenters. The molecular formula is C13H25N. The van der Waals surface area contributed by atoms with E-state index in [9.17, 15) is 0 Å². The predicted molar refractivity (Wildman–Crippen MR) is 64.1 cm³/mol. The van der Waals surface area contributed by atoms with E-state index in [1.54, 1.807) is 0 Å². The summed E-state index contributed by atoms with van der Waals surface area (Å²) in [6.07, 6.45) is 15.7. The summed E-state index contributed by atoms with van der Waals surface area (Å²) in [6.45, 7) is 2.26. The monoisotopic (exact) mass is 195 g/mol. The second-order valence-corrected chi connectivity index (χ2v) is 4.47. The highest BCUT2D eigenvalue weighted by Crippen LogP contribution is 2.19. The Morgan fingerprint density at radius 2 is 1.86 bits per heavy atom. The van der Waals surface area contributed by atoms with Crippen molar-refractivity contribution < 1.29 is 0 Å². The standard InChI is InChI=1S/C13H25N/c1-2-3-4-5-9-12-14-13-10-7-6-8-11-13/h12-13H,2-11H2,1H3. The van der Waals surface area contributed by atoms with Gasteiger partial charge in [-0.15, -0.1) is 0 Å². The molecule has 82 valence electrons. The van der Waals surface area contributed by atoms with Gasteiger partial charge in [0, 0.05) is 6.04 Å². The zero-order chi connectivity index (χ0) is 10.1. The van der Waals surface area contributed by atoms with E-state index >= 15 is 0 Å². The molecule has 1 aliphatic rings. The molecule has 0 N–H and O–H groups in total. The smallest absolute Gasteiger partial charge is 0.0495 e. The second-order valence-electron chi connectivity index (χ2n) is 4.47. The number of nitrogens with zero attached hydrogens (tertiary/aromatic N) is 1. The summed E-state index contributed by atoms with van der Waals surface area (Å²) in [5, 5.41) is 0.